The SMILES string of the molecule is CCCOc1c(-c2cccc(C)c2)oc2ccccc2c1=O. The minimum Gasteiger partial charge on any atom is -0.486 e. The van der Waals surface area contributed by atoms with Crippen LogP contribution in [0.2, 0.25) is 0 Å². The molecule has 3 heteroatoms. The van der Waals surface area contributed by atoms with Gasteiger partial charge in [0.15, 0.2) is 5.76 Å². The molecule has 0 bridgehead atoms. The van der Waals surface area contributed by atoms with E-state index in [1.54, 1.807) is 12.1 Å². The Kier molecular flexibility index (Phi) is 3.96. The third-order valence-electron chi connectivity index (χ3n) is 3.49. The lowest BCUT2D eigenvalue weighted by molar-refractivity contribution is 0.309. The molecule has 0 spiro atoms. The Morgan fingerprint density at radius 3 is 2.68 bits per heavy atom. The Labute approximate surface area is 129 Å². The molecule has 0 saturated carbocycles. The van der Waals surface area contributed by atoms with Crippen molar-refractivity contribution in [1.82, 2.24) is 0 Å². The summed E-state index contributed by atoms with van der Waals surface area (Å²) < 4.78 is 11.7. The van der Waals surface area contributed by atoms with E-state index in [2.05, 4.69) is 0 Å². The van der Waals surface area contributed by atoms with Crippen molar-refractivity contribution in [2.75, 3.05) is 6.61 Å². The smallest absolute Gasteiger partial charge is 0.235 e. The molecule has 0 atom stereocenters. The minimum atomic E-state index is -0.119. The van der Waals surface area contributed by atoms with Crippen molar-refractivity contribution in [3.63, 3.8) is 0 Å². The summed E-state index contributed by atoms with van der Waals surface area (Å²) in [5.74, 6) is 0.798. The summed E-state index contributed by atoms with van der Waals surface area (Å²) >= 11 is 0. The number of rotatable bonds is 4. The Morgan fingerprint density at radius 1 is 1.09 bits per heavy atom. The molecular weight excluding hydrogens is 276 g/mol. The number of fused-ring (bicyclic) bond motifs is 1. The predicted octanol–water partition coefficient (Wildman–Crippen LogP) is 4.56. The van der Waals surface area contributed by atoms with Crippen LogP contribution >= 0.6 is 0 Å². The monoisotopic (exact) mass is 294 g/mol. The van der Waals surface area contributed by atoms with Crippen LogP contribution in [0.4, 0.5) is 0 Å². The number of hydrogen-bond acceptors (Lipinski definition) is 3. The molecule has 0 N–H and O–H groups in total. The number of para-hydroxylation sites is 1. The van der Waals surface area contributed by atoms with E-state index in [0.717, 1.165) is 17.5 Å². The molecule has 112 valence electrons. The molecule has 1 heterocycles. The van der Waals surface area contributed by atoms with Gasteiger partial charge in [-0.1, -0.05) is 42.8 Å². The van der Waals surface area contributed by atoms with Gasteiger partial charge < -0.3 is 9.15 Å². The topological polar surface area (TPSA) is 39.4 Å². The first-order chi connectivity index (χ1) is 10.7. The fourth-order valence-corrected chi connectivity index (χ4v) is 2.44. The number of ether oxygens (including phenoxy) is 1. The van der Waals surface area contributed by atoms with Gasteiger partial charge >= 0.3 is 0 Å². The third-order valence-corrected chi connectivity index (χ3v) is 3.49. The first-order valence-electron chi connectivity index (χ1n) is 7.46. The Morgan fingerprint density at radius 2 is 1.91 bits per heavy atom. The summed E-state index contributed by atoms with van der Waals surface area (Å²) in [5.41, 5.74) is 2.42. The summed E-state index contributed by atoms with van der Waals surface area (Å²) in [6.45, 7) is 4.51. The first kappa shape index (κ1) is 14.4. The number of hydrogen-bond donors (Lipinski definition) is 0. The van der Waals surface area contributed by atoms with Crippen LogP contribution in [-0.4, -0.2) is 6.61 Å². The van der Waals surface area contributed by atoms with Crippen LogP contribution in [0.3, 0.4) is 0 Å². The van der Waals surface area contributed by atoms with Crippen molar-refractivity contribution in [3.8, 4) is 17.1 Å². The molecule has 3 rings (SSSR count). The summed E-state index contributed by atoms with van der Waals surface area (Å²) in [6.07, 6.45) is 0.833. The molecule has 0 saturated heterocycles. The summed E-state index contributed by atoms with van der Waals surface area (Å²) in [6, 6.07) is 15.1. The van der Waals surface area contributed by atoms with E-state index in [-0.39, 0.29) is 5.43 Å². The van der Waals surface area contributed by atoms with Gasteiger partial charge in [0.05, 0.1) is 12.0 Å². The van der Waals surface area contributed by atoms with E-state index >= 15 is 0 Å². The van der Waals surface area contributed by atoms with E-state index in [4.69, 9.17) is 9.15 Å². The third kappa shape index (κ3) is 2.62. The van der Waals surface area contributed by atoms with Crippen molar-refractivity contribution in [3.05, 3.63) is 64.3 Å². The highest BCUT2D eigenvalue weighted by molar-refractivity contribution is 5.81. The summed E-state index contributed by atoms with van der Waals surface area (Å²) in [7, 11) is 0. The molecule has 0 radical (unpaired) electrons. The Bertz CT molecular complexity index is 862. The van der Waals surface area contributed by atoms with Crippen LogP contribution in [0.1, 0.15) is 18.9 Å². The highest BCUT2D eigenvalue weighted by Crippen LogP contribution is 2.31. The number of benzene rings is 2. The van der Waals surface area contributed by atoms with Gasteiger partial charge in [-0.15, -0.1) is 0 Å². The Balaban J connectivity index is 2.29. The van der Waals surface area contributed by atoms with Crippen LogP contribution < -0.4 is 10.2 Å². The van der Waals surface area contributed by atoms with Crippen LogP contribution in [0.25, 0.3) is 22.3 Å². The molecule has 2 aromatic carbocycles. The summed E-state index contributed by atoms with van der Waals surface area (Å²) in [5, 5.41) is 0.546. The van der Waals surface area contributed by atoms with E-state index in [0.29, 0.717) is 29.1 Å². The van der Waals surface area contributed by atoms with E-state index in [1.165, 1.54) is 0 Å². The van der Waals surface area contributed by atoms with Crippen molar-refractivity contribution in [2.24, 2.45) is 0 Å². The van der Waals surface area contributed by atoms with Crippen LogP contribution in [-0.2, 0) is 0 Å². The van der Waals surface area contributed by atoms with Crippen LogP contribution in [0, 0.1) is 6.92 Å². The quantitative estimate of drug-likeness (QED) is 0.708. The van der Waals surface area contributed by atoms with Gasteiger partial charge in [-0.05, 0) is 31.5 Å². The van der Waals surface area contributed by atoms with Gasteiger partial charge in [0, 0.05) is 5.56 Å². The van der Waals surface area contributed by atoms with E-state index in [9.17, 15) is 4.79 Å². The van der Waals surface area contributed by atoms with Gasteiger partial charge in [-0.2, -0.15) is 0 Å². The van der Waals surface area contributed by atoms with Gasteiger partial charge in [-0.3, -0.25) is 4.79 Å². The number of aryl methyl sites for hydroxylation is 1. The van der Waals surface area contributed by atoms with Crippen LogP contribution in [0.15, 0.2) is 57.7 Å². The molecule has 3 aromatic rings. The zero-order valence-corrected chi connectivity index (χ0v) is 12.8. The standard InChI is InChI=1S/C19H18O3/c1-3-11-21-19-17(20)15-9-4-5-10-16(15)22-18(19)14-8-6-7-13(2)12-14/h4-10,12H,3,11H2,1-2H3. The van der Waals surface area contributed by atoms with E-state index in [1.807, 2.05) is 50.2 Å². The highest BCUT2D eigenvalue weighted by Gasteiger charge is 2.17. The molecule has 0 amide bonds. The molecule has 0 aliphatic heterocycles. The average molecular weight is 294 g/mol. The average Bonchev–Trinajstić information content (AvgIpc) is 2.54. The van der Waals surface area contributed by atoms with Gasteiger partial charge in [0.1, 0.15) is 5.58 Å². The molecule has 3 nitrogen and oxygen atoms in total. The molecule has 22 heavy (non-hydrogen) atoms. The van der Waals surface area contributed by atoms with Gasteiger partial charge in [0.25, 0.3) is 0 Å². The lowest BCUT2D eigenvalue weighted by atomic mass is 10.1. The minimum absolute atomic E-state index is 0.119. The first-order valence-corrected chi connectivity index (χ1v) is 7.46. The van der Waals surface area contributed by atoms with Gasteiger partial charge in [0.2, 0.25) is 11.2 Å². The second kappa shape index (κ2) is 6.06. The van der Waals surface area contributed by atoms with E-state index < -0.39 is 0 Å². The van der Waals surface area contributed by atoms with Crippen molar-refractivity contribution < 1.29 is 9.15 Å². The van der Waals surface area contributed by atoms with Crippen LogP contribution in [0.5, 0.6) is 5.75 Å². The van der Waals surface area contributed by atoms with Crippen molar-refractivity contribution in [1.29, 1.82) is 0 Å². The maximum Gasteiger partial charge on any atom is 0.235 e. The van der Waals surface area contributed by atoms with Crippen molar-refractivity contribution >= 4 is 11.0 Å². The summed E-state index contributed by atoms with van der Waals surface area (Å²) in [4.78, 5) is 12.7. The molecule has 0 unspecified atom stereocenters. The van der Waals surface area contributed by atoms with Crippen molar-refractivity contribution in [2.45, 2.75) is 20.3 Å². The highest BCUT2D eigenvalue weighted by atomic mass is 16.5. The normalized spacial score (nSPS) is 10.8. The fraction of sp³-hybridized carbons (Fsp3) is 0.211. The maximum atomic E-state index is 12.7. The maximum absolute atomic E-state index is 12.7. The lowest BCUT2D eigenvalue weighted by Crippen LogP contribution is -2.10. The lowest BCUT2D eigenvalue weighted by Gasteiger charge is -2.11. The molecule has 0 aliphatic carbocycles. The fourth-order valence-electron chi connectivity index (χ4n) is 2.44. The second-order valence-electron chi connectivity index (χ2n) is 5.30. The predicted molar refractivity (Wildman–Crippen MR) is 88.4 cm³/mol. The molecule has 1 aromatic heterocycles. The zero-order valence-electron chi connectivity index (χ0n) is 12.8. The largest absolute Gasteiger partial charge is 0.486 e. The molecular formula is C19H18O3. The van der Waals surface area contributed by atoms with Gasteiger partial charge in [-0.25, -0.2) is 0 Å². The molecule has 0 aliphatic rings. The Hall–Kier alpha value is -2.55. The molecule has 0 fully saturated rings. The zero-order chi connectivity index (χ0) is 15.5. The second-order valence-corrected chi connectivity index (χ2v) is 5.30.